The number of hydrogen-bond donors (Lipinski definition) is 3. The second kappa shape index (κ2) is 3.97. The smallest absolute Gasteiger partial charge is 0.0556 e. The molecule has 3 heteroatoms. The Balaban J connectivity index is 1.82. The van der Waals surface area contributed by atoms with E-state index in [2.05, 4.69) is 5.32 Å². The second-order valence-electron chi connectivity index (χ2n) is 6.20. The van der Waals surface area contributed by atoms with Crippen molar-refractivity contribution in [1.29, 1.82) is 0 Å². The molecule has 0 spiro atoms. The van der Waals surface area contributed by atoms with Crippen LogP contribution in [0.25, 0.3) is 0 Å². The quantitative estimate of drug-likeness (QED) is 0.659. The van der Waals surface area contributed by atoms with E-state index < -0.39 is 0 Å². The minimum absolute atomic E-state index is 0.163. The van der Waals surface area contributed by atoms with Gasteiger partial charge in [0.2, 0.25) is 0 Å². The summed E-state index contributed by atoms with van der Waals surface area (Å²) in [6.07, 6.45) is 6.99. The lowest BCUT2D eigenvalue weighted by Crippen LogP contribution is -2.68. The van der Waals surface area contributed by atoms with Crippen LogP contribution in [0.1, 0.15) is 32.1 Å². The van der Waals surface area contributed by atoms with Gasteiger partial charge in [-0.2, -0.15) is 0 Å². The van der Waals surface area contributed by atoms with Crippen molar-refractivity contribution in [3.8, 4) is 0 Å². The van der Waals surface area contributed by atoms with E-state index in [0.717, 1.165) is 30.2 Å². The highest BCUT2D eigenvalue weighted by atomic mass is 16.3. The summed E-state index contributed by atoms with van der Waals surface area (Å²) in [4.78, 5) is 0. The van der Waals surface area contributed by atoms with Gasteiger partial charge in [-0.1, -0.05) is 0 Å². The molecule has 4 bridgehead atoms. The van der Waals surface area contributed by atoms with Crippen LogP contribution in [0.5, 0.6) is 0 Å². The Labute approximate surface area is 97.8 Å². The molecule has 4 rings (SSSR count). The van der Waals surface area contributed by atoms with Gasteiger partial charge in [0, 0.05) is 18.6 Å². The molecule has 4 fully saturated rings. The van der Waals surface area contributed by atoms with Crippen molar-refractivity contribution < 1.29 is 5.11 Å². The van der Waals surface area contributed by atoms with Gasteiger partial charge in [-0.05, 0) is 55.8 Å². The molecule has 4 N–H and O–H groups in total. The summed E-state index contributed by atoms with van der Waals surface area (Å²) in [6, 6.07) is 0. The molecule has 0 aromatic heterocycles. The van der Waals surface area contributed by atoms with Gasteiger partial charge in [-0.3, -0.25) is 0 Å². The van der Waals surface area contributed by atoms with Crippen molar-refractivity contribution in [1.82, 2.24) is 5.32 Å². The van der Waals surface area contributed by atoms with E-state index in [0.29, 0.717) is 6.54 Å². The summed E-state index contributed by atoms with van der Waals surface area (Å²) in [5, 5.41) is 12.6. The summed E-state index contributed by atoms with van der Waals surface area (Å²) < 4.78 is 0. The average Bonchev–Trinajstić information content (AvgIpc) is 2.28. The highest BCUT2D eigenvalue weighted by molar-refractivity contribution is 5.11. The highest BCUT2D eigenvalue weighted by Gasteiger charge is 2.56. The Morgan fingerprint density at radius 1 is 1.06 bits per heavy atom. The van der Waals surface area contributed by atoms with Crippen LogP contribution >= 0.6 is 0 Å². The van der Waals surface area contributed by atoms with Crippen molar-refractivity contribution in [2.24, 2.45) is 29.4 Å². The van der Waals surface area contributed by atoms with Gasteiger partial charge in [0.05, 0.1) is 6.61 Å². The van der Waals surface area contributed by atoms with Crippen LogP contribution in [-0.4, -0.2) is 30.3 Å². The Morgan fingerprint density at radius 3 is 2.06 bits per heavy atom. The van der Waals surface area contributed by atoms with Crippen LogP contribution in [0.4, 0.5) is 0 Å². The summed E-state index contributed by atoms with van der Waals surface area (Å²) >= 11 is 0. The fourth-order valence-electron chi connectivity index (χ4n) is 5.01. The minimum Gasteiger partial charge on any atom is -0.395 e. The number of aliphatic hydroxyl groups is 1. The molecule has 4 saturated carbocycles. The van der Waals surface area contributed by atoms with Crippen molar-refractivity contribution in [2.45, 2.75) is 37.6 Å². The summed E-state index contributed by atoms with van der Waals surface area (Å²) in [6.45, 7) is 1.69. The molecule has 4 aliphatic rings. The molecular weight excluding hydrogens is 200 g/mol. The fourth-order valence-corrected chi connectivity index (χ4v) is 5.01. The first kappa shape index (κ1) is 11.0. The van der Waals surface area contributed by atoms with E-state index in [1.807, 2.05) is 0 Å². The standard InChI is InChI=1S/C13H24N2O/c14-8-13(15-1-2-16)11-4-9-3-10(6-11)7-12(13)5-9/h9-12,15-16H,1-8,14H2. The van der Waals surface area contributed by atoms with Crippen LogP contribution in [0.15, 0.2) is 0 Å². The first-order valence-electron chi connectivity index (χ1n) is 6.84. The van der Waals surface area contributed by atoms with Crippen LogP contribution in [0.2, 0.25) is 0 Å². The van der Waals surface area contributed by atoms with Gasteiger partial charge in [-0.25, -0.2) is 0 Å². The fraction of sp³-hybridized carbons (Fsp3) is 1.00. The third-order valence-corrected chi connectivity index (χ3v) is 5.50. The van der Waals surface area contributed by atoms with Crippen LogP contribution in [0.3, 0.4) is 0 Å². The third-order valence-electron chi connectivity index (χ3n) is 5.50. The molecule has 0 aliphatic heterocycles. The van der Waals surface area contributed by atoms with Gasteiger partial charge < -0.3 is 16.2 Å². The third kappa shape index (κ3) is 1.45. The lowest BCUT2D eigenvalue weighted by atomic mass is 9.48. The Kier molecular flexibility index (Phi) is 2.73. The molecule has 4 aliphatic carbocycles. The molecule has 0 heterocycles. The monoisotopic (exact) mass is 224 g/mol. The first-order chi connectivity index (χ1) is 7.78. The molecule has 0 atom stereocenters. The highest BCUT2D eigenvalue weighted by Crippen LogP contribution is 2.57. The maximum Gasteiger partial charge on any atom is 0.0556 e. The van der Waals surface area contributed by atoms with Gasteiger partial charge in [-0.15, -0.1) is 0 Å². The van der Waals surface area contributed by atoms with Crippen LogP contribution in [-0.2, 0) is 0 Å². The Bertz CT molecular complexity index is 239. The maximum atomic E-state index is 9.03. The minimum atomic E-state index is 0.163. The van der Waals surface area contributed by atoms with E-state index in [1.54, 1.807) is 0 Å². The first-order valence-corrected chi connectivity index (χ1v) is 6.84. The van der Waals surface area contributed by atoms with Crippen LogP contribution < -0.4 is 11.1 Å². The predicted molar refractivity (Wildman–Crippen MR) is 63.9 cm³/mol. The van der Waals surface area contributed by atoms with E-state index in [9.17, 15) is 0 Å². The summed E-state index contributed by atoms with van der Waals surface area (Å²) in [5.41, 5.74) is 6.25. The average molecular weight is 224 g/mol. The second-order valence-corrected chi connectivity index (χ2v) is 6.20. The van der Waals surface area contributed by atoms with Gasteiger partial charge >= 0.3 is 0 Å². The largest absolute Gasteiger partial charge is 0.395 e. The SMILES string of the molecule is NCC1(NCCO)C2CC3CC(C2)CC1C3. The molecule has 0 amide bonds. The molecule has 3 nitrogen and oxygen atoms in total. The van der Waals surface area contributed by atoms with Crippen molar-refractivity contribution in [2.75, 3.05) is 19.7 Å². The van der Waals surface area contributed by atoms with Crippen molar-refractivity contribution >= 4 is 0 Å². The Hall–Kier alpha value is -0.120. The zero-order valence-electron chi connectivity index (χ0n) is 9.99. The van der Waals surface area contributed by atoms with Crippen molar-refractivity contribution in [3.63, 3.8) is 0 Å². The molecule has 0 aromatic carbocycles. The number of aliphatic hydroxyl groups excluding tert-OH is 1. The lowest BCUT2D eigenvalue weighted by Gasteiger charge is -2.61. The number of β-amino-alcohol motifs (C(OH)–C–C–N with tert-alkyl or cyclic N) is 1. The topological polar surface area (TPSA) is 58.3 Å². The number of nitrogens with two attached hydrogens (primary N) is 1. The van der Waals surface area contributed by atoms with Gasteiger partial charge in [0.15, 0.2) is 0 Å². The zero-order valence-corrected chi connectivity index (χ0v) is 9.99. The van der Waals surface area contributed by atoms with Gasteiger partial charge in [0.1, 0.15) is 0 Å². The molecule has 0 unspecified atom stereocenters. The number of nitrogens with one attached hydrogen (secondary N) is 1. The number of hydrogen-bond acceptors (Lipinski definition) is 3. The number of rotatable bonds is 4. The van der Waals surface area contributed by atoms with Gasteiger partial charge in [0.25, 0.3) is 0 Å². The van der Waals surface area contributed by atoms with Crippen molar-refractivity contribution in [3.05, 3.63) is 0 Å². The molecule has 0 saturated heterocycles. The summed E-state index contributed by atoms with van der Waals surface area (Å²) in [5.74, 6) is 3.52. The molecule has 0 aromatic rings. The van der Waals surface area contributed by atoms with E-state index in [4.69, 9.17) is 10.8 Å². The molecular formula is C13H24N2O. The van der Waals surface area contributed by atoms with E-state index >= 15 is 0 Å². The summed E-state index contributed by atoms with van der Waals surface area (Å²) in [7, 11) is 0. The lowest BCUT2D eigenvalue weighted by molar-refractivity contribution is -0.0701. The maximum absolute atomic E-state index is 9.03. The zero-order chi connectivity index (χ0) is 11.2. The molecule has 16 heavy (non-hydrogen) atoms. The van der Waals surface area contributed by atoms with E-state index in [1.165, 1.54) is 32.1 Å². The molecule has 0 radical (unpaired) electrons. The van der Waals surface area contributed by atoms with Crippen LogP contribution in [0, 0.1) is 23.7 Å². The predicted octanol–water partition coefficient (Wildman–Crippen LogP) is 0.722. The Morgan fingerprint density at radius 2 is 1.62 bits per heavy atom. The normalized spacial score (nSPS) is 49.9. The molecule has 92 valence electrons. The van der Waals surface area contributed by atoms with E-state index in [-0.39, 0.29) is 12.1 Å².